The lowest BCUT2D eigenvalue weighted by Gasteiger charge is -2.07. The largest absolute Gasteiger partial charge is 0.453 e. The topological polar surface area (TPSA) is 56.3 Å². The van der Waals surface area contributed by atoms with Crippen molar-refractivity contribution in [1.82, 2.24) is 15.3 Å². The number of pyridine rings is 2. The van der Waals surface area contributed by atoms with E-state index in [2.05, 4.69) is 21.4 Å². The zero-order chi connectivity index (χ0) is 21.6. The number of halogens is 1. The van der Waals surface area contributed by atoms with E-state index in [9.17, 15) is 4.39 Å². The lowest BCUT2D eigenvalue weighted by molar-refractivity contribution is 0.149. The summed E-state index contributed by atoms with van der Waals surface area (Å²) < 4.78 is 26.3. The molecule has 0 fully saturated rings. The van der Waals surface area contributed by atoms with E-state index < -0.39 is 0 Å². The van der Waals surface area contributed by atoms with Gasteiger partial charge in [-0.3, -0.25) is 9.97 Å². The summed E-state index contributed by atoms with van der Waals surface area (Å²) in [6.45, 7) is 6.82. The molecule has 4 aromatic rings. The number of ether oxygens (including phenoxy) is 2. The molecule has 3 aromatic heterocycles. The molecule has 4 rings (SSSR count). The highest BCUT2D eigenvalue weighted by atomic mass is 32.1. The second kappa shape index (κ2) is 9.96. The summed E-state index contributed by atoms with van der Waals surface area (Å²) in [5, 5.41) is 3.34. The van der Waals surface area contributed by atoms with Crippen molar-refractivity contribution in [1.29, 1.82) is 0 Å². The fourth-order valence-electron chi connectivity index (χ4n) is 3.12. The van der Waals surface area contributed by atoms with Gasteiger partial charge < -0.3 is 14.8 Å². The quantitative estimate of drug-likeness (QED) is 0.339. The molecular formula is C24H24FN3O2S. The van der Waals surface area contributed by atoms with Gasteiger partial charge in [-0.15, -0.1) is 11.3 Å². The number of thiophene rings is 1. The Hall–Kier alpha value is -2.87. The second-order valence-corrected chi connectivity index (χ2v) is 8.15. The zero-order valence-electron chi connectivity index (χ0n) is 17.5. The first kappa shape index (κ1) is 21.4. The van der Waals surface area contributed by atoms with Crippen LogP contribution in [0.5, 0.6) is 11.5 Å². The standard InChI is InChI=1S/C24H24FN3O2S/c1-3-29-11-10-26-14-17-5-6-19(28-15-17)23-13-20-24(31-23)22(8-9-27-20)30-21-7-4-16(2)12-18(21)25/h4-9,12-13,15,26H,3,10-11,14H2,1-2H3. The average molecular weight is 438 g/mol. The lowest BCUT2D eigenvalue weighted by Crippen LogP contribution is -2.19. The average Bonchev–Trinajstić information content (AvgIpc) is 3.21. The summed E-state index contributed by atoms with van der Waals surface area (Å²) in [7, 11) is 0. The van der Waals surface area contributed by atoms with Crippen molar-refractivity contribution in [3.8, 4) is 22.1 Å². The normalized spacial score (nSPS) is 11.2. The Balaban J connectivity index is 1.51. The second-order valence-electron chi connectivity index (χ2n) is 7.10. The molecule has 7 heteroatoms. The molecule has 1 N–H and O–H groups in total. The third kappa shape index (κ3) is 5.25. The molecular weight excluding hydrogens is 413 g/mol. The fraction of sp³-hybridized carbons (Fsp3) is 0.250. The first-order valence-electron chi connectivity index (χ1n) is 10.2. The molecule has 160 valence electrons. The molecule has 0 aliphatic heterocycles. The summed E-state index contributed by atoms with van der Waals surface area (Å²) in [6, 6.07) is 12.7. The number of aryl methyl sites for hydroxylation is 1. The predicted octanol–water partition coefficient (Wildman–Crippen LogP) is 5.72. The Morgan fingerprint density at radius 2 is 1.97 bits per heavy atom. The van der Waals surface area contributed by atoms with Gasteiger partial charge in [0.25, 0.3) is 0 Å². The van der Waals surface area contributed by atoms with Crippen LogP contribution in [-0.2, 0) is 11.3 Å². The molecule has 0 saturated heterocycles. The van der Waals surface area contributed by atoms with E-state index in [1.807, 2.05) is 38.2 Å². The molecule has 0 atom stereocenters. The van der Waals surface area contributed by atoms with Gasteiger partial charge in [-0.25, -0.2) is 4.39 Å². The molecule has 5 nitrogen and oxygen atoms in total. The fourth-order valence-corrected chi connectivity index (χ4v) is 4.17. The predicted molar refractivity (Wildman–Crippen MR) is 122 cm³/mol. The molecule has 0 aliphatic carbocycles. The highest BCUT2D eigenvalue weighted by Gasteiger charge is 2.13. The summed E-state index contributed by atoms with van der Waals surface area (Å²) in [5.41, 5.74) is 3.63. The van der Waals surface area contributed by atoms with Crippen molar-refractivity contribution in [2.24, 2.45) is 0 Å². The van der Waals surface area contributed by atoms with Crippen molar-refractivity contribution < 1.29 is 13.9 Å². The van der Waals surface area contributed by atoms with Crippen LogP contribution in [0.15, 0.2) is 54.9 Å². The molecule has 0 bridgehead atoms. The van der Waals surface area contributed by atoms with Crippen LogP contribution >= 0.6 is 11.3 Å². The minimum Gasteiger partial charge on any atom is -0.453 e. The summed E-state index contributed by atoms with van der Waals surface area (Å²) in [5.74, 6) is 0.403. The maximum absolute atomic E-state index is 14.2. The molecule has 0 amide bonds. The van der Waals surface area contributed by atoms with Gasteiger partial charge in [-0.1, -0.05) is 12.1 Å². The minimum absolute atomic E-state index is 0.201. The number of nitrogens with zero attached hydrogens (tertiary/aromatic N) is 2. The number of hydrogen-bond acceptors (Lipinski definition) is 6. The van der Waals surface area contributed by atoms with Gasteiger partial charge in [0.15, 0.2) is 11.6 Å². The van der Waals surface area contributed by atoms with Crippen LogP contribution in [0.3, 0.4) is 0 Å². The lowest BCUT2D eigenvalue weighted by atomic mass is 10.2. The van der Waals surface area contributed by atoms with Crippen molar-refractivity contribution in [2.75, 3.05) is 19.8 Å². The Labute approximate surface area is 184 Å². The van der Waals surface area contributed by atoms with Gasteiger partial charge in [0, 0.05) is 38.2 Å². The van der Waals surface area contributed by atoms with Crippen LogP contribution in [0.4, 0.5) is 4.39 Å². The maximum Gasteiger partial charge on any atom is 0.165 e. The molecule has 0 unspecified atom stereocenters. The maximum atomic E-state index is 14.2. The monoisotopic (exact) mass is 437 g/mol. The molecule has 0 saturated carbocycles. The van der Waals surface area contributed by atoms with Gasteiger partial charge in [0.2, 0.25) is 0 Å². The van der Waals surface area contributed by atoms with E-state index in [-0.39, 0.29) is 11.6 Å². The molecule has 3 heterocycles. The van der Waals surface area contributed by atoms with Gasteiger partial charge >= 0.3 is 0 Å². The number of hydrogen-bond donors (Lipinski definition) is 1. The van der Waals surface area contributed by atoms with Gasteiger partial charge in [-0.05, 0) is 49.2 Å². The minimum atomic E-state index is -0.381. The number of fused-ring (bicyclic) bond motifs is 1. The number of aromatic nitrogens is 2. The molecule has 31 heavy (non-hydrogen) atoms. The molecule has 0 radical (unpaired) electrons. The summed E-state index contributed by atoms with van der Waals surface area (Å²) in [4.78, 5) is 10.0. The van der Waals surface area contributed by atoms with E-state index in [0.717, 1.165) is 51.6 Å². The first-order chi connectivity index (χ1) is 15.1. The van der Waals surface area contributed by atoms with Crippen LogP contribution in [0.2, 0.25) is 0 Å². The van der Waals surface area contributed by atoms with Crippen LogP contribution in [0.1, 0.15) is 18.1 Å². The summed E-state index contributed by atoms with van der Waals surface area (Å²) in [6.07, 6.45) is 3.55. The number of benzene rings is 1. The molecule has 1 aromatic carbocycles. The zero-order valence-corrected chi connectivity index (χ0v) is 18.3. The Bertz CT molecular complexity index is 1160. The Morgan fingerprint density at radius 1 is 1.06 bits per heavy atom. The third-order valence-electron chi connectivity index (χ3n) is 4.72. The Morgan fingerprint density at radius 3 is 2.74 bits per heavy atom. The van der Waals surface area contributed by atoms with Gasteiger partial charge in [0.05, 0.1) is 27.4 Å². The van der Waals surface area contributed by atoms with Crippen LogP contribution in [0.25, 0.3) is 20.8 Å². The van der Waals surface area contributed by atoms with Crippen molar-refractivity contribution in [2.45, 2.75) is 20.4 Å². The number of nitrogens with one attached hydrogen (secondary N) is 1. The van der Waals surface area contributed by atoms with Crippen molar-refractivity contribution >= 4 is 21.6 Å². The van der Waals surface area contributed by atoms with Crippen LogP contribution < -0.4 is 10.1 Å². The van der Waals surface area contributed by atoms with E-state index in [1.54, 1.807) is 18.3 Å². The highest BCUT2D eigenvalue weighted by Crippen LogP contribution is 2.39. The third-order valence-corrected chi connectivity index (χ3v) is 5.88. The molecule has 0 spiro atoms. The summed E-state index contributed by atoms with van der Waals surface area (Å²) >= 11 is 1.53. The first-order valence-corrected chi connectivity index (χ1v) is 11.0. The smallest absolute Gasteiger partial charge is 0.165 e. The van der Waals surface area contributed by atoms with Crippen molar-refractivity contribution in [3.05, 3.63) is 71.8 Å². The van der Waals surface area contributed by atoms with Crippen LogP contribution in [0, 0.1) is 12.7 Å². The highest BCUT2D eigenvalue weighted by molar-refractivity contribution is 7.22. The van der Waals surface area contributed by atoms with E-state index >= 15 is 0 Å². The van der Waals surface area contributed by atoms with E-state index in [0.29, 0.717) is 12.4 Å². The van der Waals surface area contributed by atoms with E-state index in [4.69, 9.17) is 9.47 Å². The SMILES string of the molecule is CCOCCNCc1ccc(-c2cc3nccc(Oc4ccc(C)cc4F)c3s2)nc1. The van der Waals surface area contributed by atoms with Gasteiger partial charge in [-0.2, -0.15) is 0 Å². The number of rotatable bonds is 9. The van der Waals surface area contributed by atoms with E-state index in [1.165, 1.54) is 17.4 Å². The van der Waals surface area contributed by atoms with Gasteiger partial charge in [0.1, 0.15) is 5.75 Å². The Kier molecular flexibility index (Phi) is 6.86. The molecule has 0 aliphatic rings. The van der Waals surface area contributed by atoms with Crippen LogP contribution in [-0.4, -0.2) is 29.7 Å². The van der Waals surface area contributed by atoms with Crippen molar-refractivity contribution in [3.63, 3.8) is 0 Å².